The van der Waals surface area contributed by atoms with E-state index < -0.39 is 0 Å². The van der Waals surface area contributed by atoms with Gasteiger partial charge in [-0.25, -0.2) is 0 Å². The van der Waals surface area contributed by atoms with Crippen LogP contribution in [0.1, 0.15) is 29.7 Å². The summed E-state index contributed by atoms with van der Waals surface area (Å²) in [6, 6.07) is 3.46. The second kappa shape index (κ2) is 7.89. The van der Waals surface area contributed by atoms with Crippen LogP contribution < -0.4 is 0 Å². The van der Waals surface area contributed by atoms with Gasteiger partial charge in [-0.05, 0) is 25.3 Å². The third-order valence-electron chi connectivity index (χ3n) is 2.46. The molecule has 0 saturated carbocycles. The molecule has 0 aromatic carbocycles. The highest BCUT2D eigenvalue weighted by Crippen LogP contribution is 2.14. The molecular weight excluding hydrogens is 266 g/mol. The van der Waals surface area contributed by atoms with Crippen LogP contribution in [0.2, 0.25) is 0 Å². The van der Waals surface area contributed by atoms with Crippen molar-refractivity contribution in [2.75, 3.05) is 26.5 Å². The summed E-state index contributed by atoms with van der Waals surface area (Å²) in [4.78, 5) is 24.7. The molecule has 1 heterocycles. The minimum atomic E-state index is -0.301. The highest BCUT2D eigenvalue weighted by Gasteiger charge is 2.17. The van der Waals surface area contributed by atoms with Crippen LogP contribution in [-0.2, 0) is 15.3 Å². The summed E-state index contributed by atoms with van der Waals surface area (Å²) in [6.45, 7) is 2.42. The van der Waals surface area contributed by atoms with E-state index in [2.05, 4.69) is 0 Å². The molecule has 106 valence electrons. The number of amides is 1. The SMILES string of the molecule is CCOC(=O)CCN(C)C(=O)c1ccc(CSC)o1. The van der Waals surface area contributed by atoms with Crippen molar-refractivity contribution in [1.82, 2.24) is 4.90 Å². The second-order valence-corrected chi connectivity index (χ2v) is 4.85. The highest BCUT2D eigenvalue weighted by molar-refractivity contribution is 7.97. The van der Waals surface area contributed by atoms with Crippen LogP contribution in [0.3, 0.4) is 0 Å². The summed E-state index contributed by atoms with van der Waals surface area (Å²) in [7, 11) is 1.64. The van der Waals surface area contributed by atoms with Gasteiger partial charge in [0.1, 0.15) is 5.76 Å². The lowest BCUT2D eigenvalue weighted by Crippen LogP contribution is -2.29. The number of carbonyl (C=O) groups excluding carboxylic acids is 2. The van der Waals surface area contributed by atoms with Crippen LogP contribution in [-0.4, -0.2) is 43.2 Å². The molecule has 0 spiro atoms. The van der Waals surface area contributed by atoms with Gasteiger partial charge in [0.2, 0.25) is 0 Å². The van der Waals surface area contributed by atoms with Gasteiger partial charge in [-0.2, -0.15) is 11.8 Å². The molecule has 0 unspecified atom stereocenters. The van der Waals surface area contributed by atoms with E-state index in [9.17, 15) is 9.59 Å². The molecule has 0 aliphatic carbocycles. The van der Waals surface area contributed by atoms with Crippen LogP contribution >= 0.6 is 11.8 Å². The fourth-order valence-corrected chi connectivity index (χ4v) is 1.93. The number of thioether (sulfide) groups is 1. The van der Waals surface area contributed by atoms with E-state index >= 15 is 0 Å². The topological polar surface area (TPSA) is 59.8 Å². The molecule has 1 aromatic rings. The van der Waals surface area contributed by atoms with Gasteiger partial charge < -0.3 is 14.1 Å². The van der Waals surface area contributed by atoms with Gasteiger partial charge in [-0.3, -0.25) is 9.59 Å². The number of furan rings is 1. The summed E-state index contributed by atoms with van der Waals surface area (Å²) >= 11 is 1.63. The number of hydrogen-bond acceptors (Lipinski definition) is 5. The van der Waals surface area contributed by atoms with E-state index in [0.717, 1.165) is 11.5 Å². The van der Waals surface area contributed by atoms with E-state index in [1.165, 1.54) is 4.90 Å². The minimum Gasteiger partial charge on any atom is -0.466 e. The Morgan fingerprint density at radius 3 is 2.79 bits per heavy atom. The van der Waals surface area contributed by atoms with Gasteiger partial charge in [-0.15, -0.1) is 0 Å². The molecule has 0 fully saturated rings. The average molecular weight is 285 g/mol. The van der Waals surface area contributed by atoms with E-state index in [1.54, 1.807) is 37.9 Å². The van der Waals surface area contributed by atoms with Gasteiger partial charge in [0, 0.05) is 13.6 Å². The molecule has 0 radical (unpaired) electrons. The van der Waals surface area contributed by atoms with Crippen LogP contribution in [0.15, 0.2) is 16.5 Å². The lowest BCUT2D eigenvalue weighted by molar-refractivity contribution is -0.143. The molecule has 5 nitrogen and oxygen atoms in total. The molecule has 19 heavy (non-hydrogen) atoms. The van der Waals surface area contributed by atoms with Crippen molar-refractivity contribution in [2.24, 2.45) is 0 Å². The van der Waals surface area contributed by atoms with Crippen molar-refractivity contribution in [1.29, 1.82) is 0 Å². The molecule has 1 aromatic heterocycles. The minimum absolute atomic E-state index is 0.189. The largest absolute Gasteiger partial charge is 0.466 e. The Labute approximate surface area is 117 Å². The monoisotopic (exact) mass is 285 g/mol. The fourth-order valence-electron chi connectivity index (χ4n) is 1.49. The molecular formula is C13H19NO4S. The van der Waals surface area contributed by atoms with Crippen LogP contribution in [0, 0.1) is 0 Å². The first-order chi connectivity index (χ1) is 9.08. The molecule has 1 amide bonds. The molecule has 0 aliphatic heterocycles. The zero-order chi connectivity index (χ0) is 14.3. The van der Waals surface area contributed by atoms with E-state index in [1.807, 2.05) is 6.26 Å². The van der Waals surface area contributed by atoms with Gasteiger partial charge >= 0.3 is 5.97 Å². The third kappa shape index (κ3) is 4.98. The van der Waals surface area contributed by atoms with Gasteiger partial charge in [0.25, 0.3) is 5.91 Å². The van der Waals surface area contributed by atoms with Crippen LogP contribution in [0.4, 0.5) is 0 Å². The normalized spacial score (nSPS) is 10.3. The Kier molecular flexibility index (Phi) is 6.49. The first-order valence-corrected chi connectivity index (χ1v) is 7.46. The third-order valence-corrected chi connectivity index (χ3v) is 3.04. The van der Waals surface area contributed by atoms with Crippen molar-refractivity contribution < 1.29 is 18.7 Å². The predicted octanol–water partition coefficient (Wildman–Crippen LogP) is 2.17. The lowest BCUT2D eigenvalue weighted by Gasteiger charge is -2.14. The van der Waals surface area contributed by atoms with Crippen LogP contribution in [0.5, 0.6) is 0 Å². The summed E-state index contributed by atoms with van der Waals surface area (Å²) in [5.41, 5.74) is 0. The molecule has 0 N–H and O–H groups in total. The number of hydrogen-bond donors (Lipinski definition) is 0. The van der Waals surface area contributed by atoms with Gasteiger partial charge in [0.15, 0.2) is 5.76 Å². The van der Waals surface area contributed by atoms with Crippen molar-refractivity contribution in [3.8, 4) is 0 Å². The van der Waals surface area contributed by atoms with Gasteiger partial charge in [-0.1, -0.05) is 0 Å². The molecule has 6 heteroatoms. The smallest absolute Gasteiger partial charge is 0.307 e. The first kappa shape index (κ1) is 15.6. The summed E-state index contributed by atoms with van der Waals surface area (Å²) in [5.74, 6) is 1.28. The molecule has 1 rings (SSSR count). The summed E-state index contributed by atoms with van der Waals surface area (Å²) < 4.78 is 10.2. The molecule has 0 atom stereocenters. The maximum Gasteiger partial charge on any atom is 0.307 e. The zero-order valence-electron chi connectivity index (χ0n) is 11.5. The Balaban J connectivity index is 2.49. The Bertz CT molecular complexity index is 430. The zero-order valence-corrected chi connectivity index (χ0v) is 12.3. The van der Waals surface area contributed by atoms with Crippen molar-refractivity contribution in [3.05, 3.63) is 23.7 Å². The lowest BCUT2D eigenvalue weighted by atomic mass is 10.3. The maximum atomic E-state index is 12.0. The quantitative estimate of drug-likeness (QED) is 0.719. The first-order valence-electron chi connectivity index (χ1n) is 6.07. The highest BCUT2D eigenvalue weighted by atomic mass is 32.2. The predicted molar refractivity (Wildman–Crippen MR) is 74.1 cm³/mol. The number of carbonyl (C=O) groups is 2. The van der Waals surface area contributed by atoms with Gasteiger partial charge in [0.05, 0.1) is 18.8 Å². The number of ether oxygens (including phenoxy) is 1. The van der Waals surface area contributed by atoms with Crippen molar-refractivity contribution in [3.63, 3.8) is 0 Å². The number of nitrogens with zero attached hydrogens (tertiary/aromatic N) is 1. The summed E-state index contributed by atoms with van der Waals surface area (Å²) in [5, 5.41) is 0. The molecule has 0 aliphatic rings. The van der Waals surface area contributed by atoms with Crippen molar-refractivity contribution in [2.45, 2.75) is 19.1 Å². The maximum absolute atomic E-state index is 12.0. The number of rotatable bonds is 7. The van der Waals surface area contributed by atoms with E-state index in [-0.39, 0.29) is 18.3 Å². The van der Waals surface area contributed by atoms with Crippen molar-refractivity contribution >= 4 is 23.6 Å². The fraction of sp³-hybridized carbons (Fsp3) is 0.538. The second-order valence-electron chi connectivity index (χ2n) is 3.98. The Hall–Kier alpha value is -1.43. The number of esters is 1. The average Bonchev–Trinajstić information content (AvgIpc) is 2.84. The van der Waals surface area contributed by atoms with Crippen LogP contribution in [0.25, 0.3) is 0 Å². The Morgan fingerprint density at radius 1 is 1.42 bits per heavy atom. The Morgan fingerprint density at radius 2 is 2.16 bits per heavy atom. The molecule has 0 saturated heterocycles. The summed E-state index contributed by atoms with van der Waals surface area (Å²) in [6.07, 6.45) is 2.16. The molecule has 0 bridgehead atoms. The standard InChI is InChI=1S/C13H19NO4S/c1-4-17-12(15)7-8-14(2)13(16)11-6-5-10(18-11)9-19-3/h5-6H,4,7-9H2,1-3H3. The van der Waals surface area contributed by atoms with E-state index in [4.69, 9.17) is 9.15 Å². The van der Waals surface area contributed by atoms with E-state index in [0.29, 0.717) is 18.9 Å².